The van der Waals surface area contributed by atoms with E-state index in [2.05, 4.69) is 17.4 Å². The summed E-state index contributed by atoms with van der Waals surface area (Å²) in [5, 5.41) is 2.97. The van der Waals surface area contributed by atoms with Crippen molar-refractivity contribution in [2.24, 2.45) is 0 Å². The number of rotatable bonds is 8. The largest absolute Gasteiger partial charge is 0.355 e. The lowest BCUT2D eigenvalue weighted by molar-refractivity contribution is -0.122. The van der Waals surface area contributed by atoms with Crippen LogP contribution >= 0.6 is 0 Å². The van der Waals surface area contributed by atoms with E-state index in [-0.39, 0.29) is 5.91 Å². The fourth-order valence-electron chi connectivity index (χ4n) is 3.78. The summed E-state index contributed by atoms with van der Waals surface area (Å²) in [6.45, 7) is 6.65. The summed E-state index contributed by atoms with van der Waals surface area (Å²) in [5.74, 6) is -0.00579. The SMILES string of the molecule is Cc1ccc(S(=O)(=O)N2CCN(CC(=O)NCCCc3ccccc3)CC2)c(C)c1. The van der Waals surface area contributed by atoms with E-state index in [1.54, 1.807) is 6.07 Å². The number of sulfonamides is 1. The molecule has 1 heterocycles. The van der Waals surface area contributed by atoms with Crippen LogP contribution < -0.4 is 5.32 Å². The van der Waals surface area contributed by atoms with Crippen LogP contribution in [0.4, 0.5) is 0 Å². The molecule has 1 saturated heterocycles. The van der Waals surface area contributed by atoms with Gasteiger partial charge in [0.25, 0.3) is 0 Å². The van der Waals surface area contributed by atoms with Gasteiger partial charge in [-0.2, -0.15) is 4.31 Å². The molecule has 2 aromatic rings. The molecule has 7 heteroatoms. The van der Waals surface area contributed by atoms with E-state index in [9.17, 15) is 13.2 Å². The van der Waals surface area contributed by atoms with Crippen molar-refractivity contribution in [1.29, 1.82) is 0 Å². The van der Waals surface area contributed by atoms with Crippen LogP contribution in [0, 0.1) is 13.8 Å². The summed E-state index contributed by atoms with van der Waals surface area (Å²) in [6, 6.07) is 15.6. The predicted molar refractivity (Wildman–Crippen MR) is 119 cm³/mol. The van der Waals surface area contributed by atoms with Crippen LogP contribution in [0.2, 0.25) is 0 Å². The number of benzene rings is 2. The van der Waals surface area contributed by atoms with Gasteiger partial charge in [-0.25, -0.2) is 8.42 Å². The minimum absolute atomic E-state index is 0.00579. The zero-order valence-electron chi connectivity index (χ0n) is 17.8. The molecule has 30 heavy (non-hydrogen) atoms. The quantitative estimate of drug-likeness (QED) is 0.654. The number of piperazine rings is 1. The average molecular weight is 430 g/mol. The molecular weight excluding hydrogens is 398 g/mol. The van der Waals surface area contributed by atoms with Gasteiger partial charge in [-0.1, -0.05) is 48.0 Å². The van der Waals surface area contributed by atoms with Gasteiger partial charge in [-0.15, -0.1) is 0 Å². The lowest BCUT2D eigenvalue weighted by Gasteiger charge is -2.33. The van der Waals surface area contributed by atoms with E-state index in [1.165, 1.54) is 9.87 Å². The first kappa shape index (κ1) is 22.5. The Morgan fingerprint density at radius 1 is 1.00 bits per heavy atom. The Hall–Kier alpha value is -2.22. The summed E-state index contributed by atoms with van der Waals surface area (Å²) >= 11 is 0. The Morgan fingerprint density at radius 3 is 2.37 bits per heavy atom. The molecule has 0 unspecified atom stereocenters. The van der Waals surface area contributed by atoms with Gasteiger partial charge in [0.1, 0.15) is 0 Å². The standard InChI is InChI=1S/C23H31N3O3S/c1-19-10-11-22(20(2)17-19)30(28,29)26-15-13-25(14-16-26)18-23(27)24-12-6-9-21-7-4-3-5-8-21/h3-5,7-8,10-11,17H,6,9,12-16,18H2,1-2H3,(H,24,27). The third kappa shape index (κ3) is 5.90. The maximum absolute atomic E-state index is 13.0. The molecule has 0 radical (unpaired) electrons. The number of hydrogen-bond acceptors (Lipinski definition) is 4. The van der Waals surface area contributed by atoms with Crippen LogP contribution in [0.5, 0.6) is 0 Å². The van der Waals surface area contributed by atoms with Crippen LogP contribution in [-0.4, -0.2) is 62.8 Å². The summed E-state index contributed by atoms with van der Waals surface area (Å²) in [7, 11) is -3.50. The van der Waals surface area contributed by atoms with Crippen molar-refractivity contribution in [3.05, 3.63) is 65.2 Å². The van der Waals surface area contributed by atoms with E-state index in [1.807, 2.05) is 49.1 Å². The van der Waals surface area contributed by atoms with Gasteiger partial charge in [-0.05, 0) is 43.9 Å². The number of hydrogen-bond donors (Lipinski definition) is 1. The van der Waals surface area contributed by atoms with Gasteiger partial charge >= 0.3 is 0 Å². The Morgan fingerprint density at radius 2 is 1.70 bits per heavy atom. The Balaban J connectivity index is 1.42. The summed E-state index contributed by atoms with van der Waals surface area (Å²) in [6.07, 6.45) is 1.84. The van der Waals surface area contributed by atoms with Crippen molar-refractivity contribution in [3.63, 3.8) is 0 Å². The minimum Gasteiger partial charge on any atom is -0.355 e. The molecule has 1 fully saturated rings. The summed E-state index contributed by atoms with van der Waals surface area (Å²) < 4.78 is 27.5. The number of amides is 1. The van der Waals surface area contributed by atoms with Crippen molar-refractivity contribution in [3.8, 4) is 0 Å². The van der Waals surface area contributed by atoms with Crippen LogP contribution in [0.25, 0.3) is 0 Å². The number of nitrogens with zero attached hydrogens (tertiary/aromatic N) is 2. The monoisotopic (exact) mass is 429 g/mol. The first-order valence-corrected chi connectivity index (χ1v) is 11.9. The highest BCUT2D eigenvalue weighted by atomic mass is 32.2. The Labute approximate surface area is 179 Å². The lowest BCUT2D eigenvalue weighted by atomic mass is 10.1. The molecule has 0 atom stereocenters. The Kier molecular flexibility index (Phi) is 7.64. The second-order valence-corrected chi connectivity index (χ2v) is 9.79. The van der Waals surface area contributed by atoms with Gasteiger partial charge in [0.05, 0.1) is 11.4 Å². The van der Waals surface area contributed by atoms with Gasteiger partial charge in [0, 0.05) is 32.7 Å². The van der Waals surface area contributed by atoms with E-state index in [4.69, 9.17) is 0 Å². The predicted octanol–water partition coefficient (Wildman–Crippen LogP) is 2.36. The molecule has 6 nitrogen and oxygen atoms in total. The molecular formula is C23H31N3O3S. The molecule has 1 aliphatic rings. The lowest BCUT2D eigenvalue weighted by Crippen LogP contribution is -2.51. The van der Waals surface area contributed by atoms with Gasteiger partial charge in [0.15, 0.2) is 0 Å². The van der Waals surface area contributed by atoms with Crippen molar-refractivity contribution < 1.29 is 13.2 Å². The topological polar surface area (TPSA) is 69.7 Å². The Bertz CT molecular complexity index is 953. The number of carbonyl (C=O) groups excluding carboxylic acids is 1. The van der Waals surface area contributed by atoms with Gasteiger partial charge < -0.3 is 5.32 Å². The fourth-order valence-corrected chi connectivity index (χ4v) is 5.41. The minimum atomic E-state index is -3.50. The smallest absolute Gasteiger partial charge is 0.243 e. The summed E-state index contributed by atoms with van der Waals surface area (Å²) in [5.41, 5.74) is 3.09. The molecule has 0 saturated carbocycles. The zero-order chi connectivity index (χ0) is 21.6. The highest BCUT2D eigenvalue weighted by Crippen LogP contribution is 2.22. The molecule has 0 aromatic heterocycles. The maximum Gasteiger partial charge on any atom is 0.243 e. The number of aryl methyl sites for hydroxylation is 3. The first-order valence-electron chi connectivity index (χ1n) is 10.5. The molecule has 162 valence electrons. The molecule has 0 spiro atoms. The van der Waals surface area contributed by atoms with Gasteiger partial charge in [-0.3, -0.25) is 9.69 Å². The number of nitrogens with one attached hydrogen (secondary N) is 1. The van der Waals surface area contributed by atoms with Crippen LogP contribution in [-0.2, 0) is 21.2 Å². The van der Waals surface area contributed by atoms with E-state index >= 15 is 0 Å². The van der Waals surface area contributed by atoms with Gasteiger partial charge in [0.2, 0.25) is 15.9 Å². The van der Waals surface area contributed by atoms with Crippen molar-refractivity contribution >= 4 is 15.9 Å². The van der Waals surface area contributed by atoms with Crippen molar-refractivity contribution in [2.75, 3.05) is 39.3 Å². The van der Waals surface area contributed by atoms with E-state index in [0.717, 1.165) is 24.0 Å². The molecule has 1 amide bonds. The summed E-state index contributed by atoms with van der Waals surface area (Å²) in [4.78, 5) is 14.6. The molecule has 1 N–H and O–H groups in total. The number of carbonyl (C=O) groups is 1. The molecule has 0 aliphatic carbocycles. The van der Waals surface area contributed by atoms with Crippen molar-refractivity contribution in [2.45, 2.75) is 31.6 Å². The molecule has 3 rings (SSSR count). The normalized spacial score (nSPS) is 15.8. The second-order valence-electron chi connectivity index (χ2n) is 7.89. The van der Waals surface area contributed by atoms with Crippen LogP contribution in [0.15, 0.2) is 53.4 Å². The fraction of sp³-hybridized carbons (Fsp3) is 0.435. The highest BCUT2D eigenvalue weighted by molar-refractivity contribution is 7.89. The first-order chi connectivity index (χ1) is 14.4. The highest BCUT2D eigenvalue weighted by Gasteiger charge is 2.30. The van der Waals surface area contributed by atoms with Crippen molar-refractivity contribution in [1.82, 2.24) is 14.5 Å². The molecule has 0 bridgehead atoms. The maximum atomic E-state index is 13.0. The van der Waals surface area contributed by atoms with Crippen LogP contribution in [0.1, 0.15) is 23.1 Å². The zero-order valence-corrected chi connectivity index (χ0v) is 18.6. The second kappa shape index (κ2) is 10.2. The van der Waals surface area contributed by atoms with E-state index in [0.29, 0.717) is 44.2 Å². The molecule has 1 aliphatic heterocycles. The van der Waals surface area contributed by atoms with E-state index < -0.39 is 10.0 Å². The van der Waals surface area contributed by atoms with Crippen LogP contribution in [0.3, 0.4) is 0 Å². The third-order valence-corrected chi connectivity index (χ3v) is 7.51. The molecule has 2 aromatic carbocycles. The average Bonchev–Trinajstić information content (AvgIpc) is 2.72. The third-order valence-electron chi connectivity index (χ3n) is 5.45.